The van der Waals surface area contributed by atoms with E-state index in [1.165, 1.54) is 4.90 Å². The number of hydrogen-bond donors (Lipinski definition) is 0. The molecule has 114 valence electrons. The lowest BCUT2D eigenvalue weighted by atomic mass is 10.0. The van der Waals surface area contributed by atoms with Gasteiger partial charge in [0.2, 0.25) is 0 Å². The molecule has 3 unspecified atom stereocenters. The topological polar surface area (TPSA) is 40.6 Å². The second-order valence-corrected chi connectivity index (χ2v) is 7.22. The van der Waals surface area contributed by atoms with Crippen LogP contribution in [0.1, 0.15) is 6.42 Å². The summed E-state index contributed by atoms with van der Waals surface area (Å²) < 4.78 is 0.861. The number of halogens is 1. The molecule has 1 aliphatic carbocycles. The summed E-state index contributed by atoms with van der Waals surface area (Å²) >= 11 is 3.49. The number of benzene rings is 2. The van der Waals surface area contributed by atoms with Gasteiger partial charge in [-0.1, -0.05) is 52.3 Å². The molecule has 2 aliphatic heterocycles. The second kappa shape index (κ2) is 4.45. The number of rotatable bonds is 1. The third-order valence-electron chi connectivity index (χ3n) is 5.09. The van der Waals surface area contributed by atoms with E-state index >= 15 is 0 Å². The van der Waals surface area contributed by atoms with Gasteiger partial charge in [-0.15, -0.1) is 0 Å². The molecule has 5 heteroatoms. The summed E-state index contributed by atoms with van der Waals surface area (Å²) in [7, 11) is 0. The van der Waals surface area contributed by atoms with Crippen molar-refractivity contribution in [3.05, 3.63) is 53.0 Å². The summed E-state index contributed by atoms with van der Waals surface area (Å²) in [4.78, 5) is 29.0. The summed E-state index contributed by atoms with van der Waals surface area (Å²) in [5.41, 5.74) is 0.666. The van der Waals surface area contributed by atoms with Crippen LogP contribution in [-0.2, 0) is 4.79 Å². The van der Waals surface area contributed by atoms with Crippen molar-refractivity contribution in [2.45, 2.75) is 18.5 Å². The summed E-state index contributed by atoms with van der Waals surface area (Å²) in [5, 5.41) is 1.92. The molecule has 2 aromatic rings. The zero-order valence-corrected chi connectivity index (χ0v) is 13.7. The number of anilines is 1. The molecule has 2 aromatic carbocycles. The van der Waals surface area contributed by atoms with Gasteiger partial charge in [0.05, 0.1) is 11.7 Å². The SMILES string of the molecule is O=C1C2C3C=CC(C3)N2C(=O)N1c1cc(Br)cc2ccccc12. The fraction of sp³-hybridized carbons (Fsp3) is 0.222. The lowest BCUT2D eigenvalue weighted by molar-refractivity contribution is -0.119. The normalized spacial score (nSPS) is 28.3. The van der Waals surface area contributed by atoms with Crippen LogP contribution in [0.3, 0.4) is 0 Å². The van der Waals surface area contributed by atoms with E-state index in [4.69, 9.17) is 0 Å². The van der Waals surface area contributed by atoms with Crippen LogP contribution < -0.4 is 4.90 Å². The highest BCUT2D eigenvalue weighted by atomic mass is 79.9. The number of urea groups is 1. The molecule has 0 saturated carbocycles. The molecule has 0 spiro atoms. The van der Waals surface area contributed by atoms with Gasteiger partial charge in [0.25, 0.3) is 5.91 Å². The van der Waals surface area contributed by atoms with Gasteiger partial charge < -0.3 is 4.90 Å². The van der Waals surface area contributed by atoms with Crippen molar-refractivity contribution < 1.29 is 9.59 Å². The first kappa shape index (κ1) is 13.3. The molecule has 2 fully saturated rings. The first-order chi connectivity index (χ1) is 11.1. The summed E-state index contributed by atoms with van der Waals surface area (Å²) in [5.74, 6) is 0.0648. The Bertz CT molecular complexity index is 877. The predicted octanol–water partition coefficient (Wildman–Crippen LogP) is 3.70. The van der Waals surface area contributed by atoms with Crippen molar-refractivity contribution in [3.8, 4) is 0 Å². The maximum atomic E-state index is 13.0. The van der Waals surface area contributed by atoms with E-state index in [2.05, 4.69) is 28.1 Å². The van der Waals surface area contributed by atoms with Crippen LogP contribution >= 0.6 is 15.9 Å². The Morgan fingerprint density at radius 2 is 1.91 bits per heavy atom. The molecule has 2 bridgehead atoms. The van der Waals surface area contributed by atoms with Crippen molar-refractivity contribution in [2.24, 2.45) is 5.92 Å². The average Bonchev–Trinajstić information content (AvgIpc) is 3.21. The lowest BCUT2D eigenvalue weighted by Crippen LogP contribution is -2.38. The zero-order valence-electron chi connectivity index (χ0n) is 12.1. The average molecular weight is 369 g/mol. The molecule has 3 aliphatic rings. The number of nitrogens with zero attached hydrogens (tertiary/aromatic N) is 2. The molecule has 23 heavy (non-hydrogen) atoms. The molecule has 2 saturated heterocycles. The molecule has 3 amide bonds. The fourth-order valence-electron chi connectivity index (χ4n) is 4.13. The van der Waals surface area contributed by atoms with Gasteiger partial charge >= 0.3 is 6.03 Å². The van der Waals surface area contributed by atoms with Gasteiger partial charge in [-0.3, -0.25) is 4.79 Å². The Labute approximate surface area is 141 Å². The smallest absolute Gasteiger partial charge is 0.305 e. The Hall–Kier alpha value is -2.14. The van der Waals surface area contributed by atoms with Gasteiger partial charge in [0.1, 0.15) is 6.04 Å². The van der Waals surface area contributed by atoms with Crippen molar-refractivity contribution >= 4 is 44.3 Å². The highest BCUT2D eigenvalue weighted by Crippen LogP contribution is 2.44. The quantitative estimate of drug-likeness (QED) is 0.568. The number of amides is 3. The first-order valence-electron chi connectivity index (χ1n) is 7.68. The predicted molar refractivity (Wildman–Crippen MR) is 91.2 cm³/mol. The number of carbonyl (C=O) groups is 2. The van der Waals surface area contributed by atoms with Crippen LogP contribution in [0.5, 0.6) is 0 Å². The van der Waals surface area contributed by atoms with Crippen LogP contribution in [0, 0.1) is 5.92 Å². The number of fused-ring (bicyclic) bond motifs is 6. The van der Waals surface area contributed by atoms with E-state index < -0.39 is 0 Å². The monoisotopic (exact) mass is 368 g/mol. The largest absolute Gasteiger partial charge is 0.332 e. The number of imide groups is 1. The summed E-state index contributed by atoms with van der Waals surface area (Å²) in [6.07, 6.45) is 5.02. The highest BCUT2D eigenvalue weighted by Gasteiger charge is 2.57. The van der Waals surface area contributed by atoms with Crippen LogP contribution in [0.4, 0.5) is 10.5 Å². The Morgan fingerprint density at radius 1 is 1.09 bits per heavy atom. The van der Waals surface area contributed by atoms with E-state index in [0.717, 1.165) is 21.7 Å². The maximum Gasteiger partial charge on any atom is 0.332 e. The minimum Gasteiger partial charge on any atom is -0.305 e. The van der Waals surface area contributed by atoms with Gasteiger partial charge in [-0.2, -0.15) is 0 Å². The highest BCUT2D eigenvalue weighted by molar-refractivity contribution is 9.10. The van der Waals surface area contributed by atoms with Gasteiger partial charge in [-0.05, 0) is 23.9 Å². The van der Waals surface area contributed by atoms with Gasteiger partial charge in [0, 0.05) is 15.8 Å². The standard InChI is InChI=1S/C18H13BrN2O2/c19-12-7-10-3-1-2-4-14(10)15(9-12)21-17(22)16-11-5-6-13(8-11)20(16)18(21)23/h1-7,9,11,13,16H,8H2. The van der Waals surface area contributed by atoms with Crippen molar-refractivity contribution in [3.63, 3.8) is 0 Å². The molecule has 5 rings (SSSR count). The second-order valence-electron chi connectivity index (χ2n) is 6.31. The fourth-order valence-corrected chi connectivity index (χ4v) is 4.59. The number of carbonyl (C=O) groups excluding carboxylic acids is 2. The van der Waals surface area contributed by atoms with E-state index in [9.17, 15) is 9.59 Å². The van der Waals surface area contributed by atoms with Crippen LogP contribution in [0.15, 0.2) is 53.0 Å². The third kappa shape index (κ3) is 1.66. The van der Waals surface area contributed by atoms with Crippen LogP contribution in [0.2, 0.25) is 0 Å². The third-order valence-corrected chi connectivity index (χ3v) is 5.55. The molecule has 2 heterocycles. The van der Waals surface area contributed by atoms with E-state index in [-0.39, 0.29) is 29.9 Å². The molecule has 4 nitrogen and oxygen atoms in total. The summed E-state index contributed by atoms with van der Waals surface area (Å²) in [6, 6.07) is 11.2. The molecule has 0 aromatic heterocycles. The number of hydrogen-bond acceptors (Lipinski definition) is 2. The first-order valence-corrected chi connectivity index (χ1v) is 8.47. The van der Waals surface area contributed by atoms with Gasteiger partial charge in [-0.25, -0.2) is 9.69 Å². The van der Waals surface area contributed by atoms with E-state index in [1.807, 2.05) is 36.4 Å². The Morgan fingerprint density at radius 3 is 2.74 bits per heavy atom. The minimum absolute atomic E-state index is 0.0740. The summed E-state index contributed by atoms with van der Waals surface area (Å²) in [6.45, 7) is 0. The van der Waals surface area contributed by atoms with Crippen molar-refractivity contribution in [2.75, 3.05) is 4.90 Å². The zero-order chi connectivity index (χ0) is 15.7. The van der Waals surface area contributed by atoms with Gasteiger partial charge in [0.15, 0.2) is 0 Å². The van der Waals surface area contributed by atoms with Crippen molar-refractivity contribution in [1.29, 1.82) is 0 Å². The van der Waals surface area contributed by atoms with E-state index in [0.29, 0.717) is 5.69 Å². The molecule has 0 radical (unpaired) electrons. The Balaban J connectivity index is 1.69. The van der Waals surface area contributed by atoms with Crippen LogP contribution in [-0.4, -0.2) is 28.9 Å². The van der Waals surface area contributed by atoms with E-state index in [1.54, 1.807) is 4.90 Å². The molecular weight excluding hydrogens is 356 g/mol. The molecule has 3 atom stereocenters. The van der Waals surface area contributed by atoms with Crippen LogP contribution in [0.25, 0.3) is 10.8 Å². The minimum atomic E-state index is -0.324. The Kier molecular flexibility index (Phi) is 2.57. The lowest BCUT2D eigenvalue weighted by Gasteiger charge is -2.22. The maximum absolute atomic E-state index is 13.0. The molecular formula is C18H13BrN2O2. The molecule has 0 N–H and O–H groups in total. The van der Waals surface area contributed by atoms with Crippen molar-refractivity contribution in [1.82, 2.24) is 4.90 Å².